The number of ether oxygens (including phenoxy) is 2. The Hall–Kier alpha value is -1.55. The Morgan fingerprint density at radius 2 is 2.00 bits per heavy atom. The first-order chi connectivity index (χ1) is 9.92. The van der Waals surface area contributed by atoms with Crippen LogP contribution in [0.4, 0.5) is 0 Å². The Balaban J connectivity index is 2.74. The number of likely N-dealkylation sites (N-methyl/N-ethyl adjacent to an activating group) is 1. The highest BCUT2D eigenvalue weighted by Crippen LogP contribution is 2.22. The molecule has 0 radical (unpaired) electrons. The van der Waals surface area contributed by atoms with Crippen LogP contribution in [0.15, 0.2) is 24.3 Å². The molecule has 0 aliphatic heterocycles. The number of hydrogen-bond donors (Lipinski definition) is 1. The predicted octanol–water partition coefficient (Wildman–Crippen LogP) is 3.08. The molecule has 118 valence electrons. The lowest BCUT2D eigenvalue weighted by molar-refractivity contribution is -0.151. The summed E-state index contributed by atoms with van der Waals surface area (Å²) in [5.41, 5.74) is 0.359. The van der Waals surface area contributed by atoms with E-state index in [1.54, 1.807) is 0 Å². The molecule has 2 unspecified atom stereocenters. The topological polar surface area (TPSA) is 47.6 Å². The molecule has 0 heterocycles. The number of hydrogen-bond acceptors (Lipinski definition) is 4. The molecule has 2 atom stereocenters. The van der Waals surface area contributed by atoms with Gasteiger partial charge in [0.1, 0.15) is 11.3 Å². The van der Waals surface area contributed by atoms with E-state index in [9.17, 15) is 4.79 Å². The van der Waals surface area contributed by atoms with Gasteiger partial charge in [-0.2, -0.15) is 0 Å². The second-order valence-electron chi connectivity index (χ2n) is 5.48. The highest BCUT2D eigenvalue weighted by atomic mass is 16.5. The van der Waals surface area contributed by atoms with Crippen molar-refractivity contribution < 1.29 is 14.3 Å². The van der Waals surface area contributed by atoms with Gasteiger partial charge in [-0.3, -0.25) is 4.79 Å². The third kappa shape index (κ3) is 5.05. The summed E-state index contributed by atoms with van der Waals surface area (Å²) in [7, 11) is 0. The van der Waals surface area contributed by atoms with Crippen LogP contribution in [-0.2, 0) is 9.53 Å². The molecule has 1 aromatic carbocycles. The molecule has 4 heteroatoms. The van der Waals surface area contributed by atoms with Crippen LogP contribution in [0.1, 0.15) is 39.7 Å². The van der Waals surface area contributed by atoms with Gasteiger partial charge in [0.05, 0.1) is 12.7 Å². The van der Waals surface area contributed by atoms with Crippen molar-refractivity contribution in [3.63, 3.8) is 0 Å². The summed E-state index contributed by atoms with van der Waals surface area (Å²) in [5, 5.41) is 3.22. The molecule has 0 amide bonds. The van der Waals surface area contributed by atoms with E-state index in [0.29, 0.717) is 19.6 Å². The number of aryl methyl sites for hydroxylation is 1. The first-order valence-electron chi connectivity index (χ1n) is 7.57. The second kappa shape index (κ2) is 8.03. The molecule has 0 aliphatic carbocycles. The summed E-state index contributed by atoms with van der Waals surface area (Å²) < 4.78 is 11.1. The average molecular weight is 293 g/mol. The number of carbonyl (C=O) groups is 1. The fourth-order valence-electron chi connectivity index (χ4n) is 2.43. The van der Waals surface area contributed by atoms with Crippen molar-refractivity contribution in [3.05, 3.63) is 29.8 Å². The smallest absolute Gasteiger partial charge is 0.326 e. The maximum Gasteiger partial charge on any atom is 0.326 e. The molecular formula is C17H27NO3. The molecule has 0 bridgehead atoms. The van der Waals surface area contributed by atoms with Gasteiger partial charge in [-0.25, -0.2) is 0 Å². The Morgan fingerprint density at radius 3 is 2.57 bits per heavy atom. The Labute approximate surface area is 127 Å². The van der Waals surface area contributed by atoms with Gasteiger partial charge in [0, 0.05) is 6.42 Å². The molecule has 4 nitrogen and oxygen atoms in total. The minimum Gasteiger partial charge on any atom is -0.490 e. The van der Waals surface area contributed by atoms with Crippen LogP contribution in [0.3, 0.4) is 0 Å². The predicted molar refractivity (Wildman–Crippen MR) is 84.6 cm³/mol. The van der Waals surface area contributed by atoms with Gasteiger partial charge in [0.25, 0.3) is 0 Å². The van der Waals surface area contributed by atoms with Crippen molar-refractivity contribution in [1.29, 1.82) is 0 Å². The molecule has 0 saturated carbocycles. The fraction of sp³-hybridized carbons (Fsp3) is 0.588. The standard InChI is InChI=1S/C17H27NO3/c1-6-18-17(5,16(19)20-7-2)12-14(4)21-15-11-9-8-10-13(15)3/h8-11,14,18H,6-7,12H2,1-5H3. The van der Waals surface area contributed by atoms with Gasteiger partial charge in [0.15, 0.2) is 0 Å². The van der Waals surface area contributed by atoms with Crippen LogP contribution >= 0.6 is 0 Å². The van der Waals surface area contributed by atoms with E-state index in [0.717, 1.165) is 11.3 Å². The van der Waals surface area contributed by atoms with Gasteiger partial charge >= 0.3 is 5.97 Å². The highest BCUT2D eigenvalue weighted by Gasteiger charge is 2.36. The van der Waals surface area contributed by atoms with Crippen molar-refractivity contribution in [3.8, 4) is 5.75 Å². The van der Waals surface area contributed by atoms with E-state index in [1.807, 2.05) is 58.9 Å². The minimum atomic E-state index is -0.729. The van der Waals surface area contributed by atoms with Crippen LogP contribution in [0, 0.1) is 6.92 Å². The van der Waals surface area contributed by atoms with Crippen LogP contribution in [-0.4, -0.2) is 30.8 Å². The number of esters is 1. The van der Waals surface area contributed by atoms with E-state index < -0.39 is 5.54 Å². The summed E-state index contributed by atoms with van der Waals surface area (Å²) in [4.78, 5) is 12.2. The van der Waals surface area contributed by atoms with E-state index >= 15 is 0 Å². The second-order valence-corrected chi connectivity index (χ2v) is 5.48. The summed E-state index contributed by atoms with van der Waals surface area (Å²) in [6.45, 7) is 10.7. The van der Waals surface area contributed by atoms with E-state index in [-0.39, 0.29) is 12.1 Å². The molecular weight excluding hydrogens is 266 g/mol. The zero-order valence-electron chi connectivity index (χ0n) is 13.7. The zero-order chi connectivity index (χ0) is 15.9. The number of para-hydroxylation sites is 1. The lowest BCUT2D eigenvalue weighted by atomic mass is 9.94. The van der Waals surface area contributed by atoms with Gasteiger partial charge in [0.2, 0.25) is 0 Å². The molecule has 0 saturated heterocycles. The minimum absolute atomic E-state index is 0.0976. The van der Waals surface area contributed by atoms with Crippen molar-refractivity contribution in [2.45, 2.75) is 52.7 Å². The average Bonchev–Trinajstić information content (AvgIpc) is 2.41. The summed E-state index contributed by atoms with van der Waals surface area (Å²) in [6.07, 6.45) is 0.452. The van der Waals surface area contributed by atoms with E-state index in [4.69, 9.17) is 9.47 Å². The molecule has 0 spiro atoms. The normalized spacial score (nSPS) is 15.1. The molecule has 1 rings (SSSR count). The molecule has 1 aromatic rings. The van der Waals surface area contributed by atoms with Crippen LogP contribution in [0.2, 0.25) is 0 Å². The Bertz CT molecular complexity index is 461. The molecule has 0 aromatic heterocycles. The van der Waals surface area contributed by atoms with Gasteiger partial charge < -0.3 is 14.8 Å². The van der Waals surface area contributed by atoms with Gasteiger partial charge in [-0.1, -0.05) is 25.1 Å². The summed E-state index contributed by atoms with van der Waals surface area (Å²) in [6, 6.07) is 7.88. The van der Waals surface area contributed by atoms with Crippen molar-refractivity contribution in [1.82, 2.24) is 5.32 Å². The maximum atomic E-state index is 12.2. The maximum absolute atomic E-state index is 12.2. The van der Waals surface area contributed by atoms with Gasteiger partial charge in [-0.05, 0) is 45.9 Å². The van der Waals surface area contributed by atoms with E-state index in [1.165, 1.54) is 0 Å². The number of carbonyl (C=O) groups excluding carboxylic acids is 1. The number of rotatable bonds is 8. The lowest BCUT2D eigenvalue weighted by Gasteiger charge is -2.31. The van der Waals surface area contributed by atoms with Crippen molar-refractivity contribution in [2.75, 3.05) is 13.2 Å². The van der Waals surface area contributed by atoms with Crippen molar-refractivity contribution in [2.24, 2.45) is 0 Å². The molecule has 1 N–H and O–H groups in total. The summed E-state index contributed by atoms with van der Waals surface area (Å²) in [5.74, 6) is 0.625. The summed E-state index contributed by atoms with van der Waals surface area (Å²) >= 11 is 0. The van der Waals surface area contributed by atoms with Crippen LogP contribution < -0.4 is 10.1 Å². The molecule has 21 heavy (non-hydrogen) atoms. The van der Waals surface area contributed by atoms with Crippen LogP contribution in [0.25, 0.3) is 0 Å². The number of nitrogens with one attached hydrogen (secondary N) is 1. The van der Waals surface area contributed by atoms with E-state index in [2.05, 4.69) is 5.32 Å². The molecule has 0 fully saturated rings. The monoisotopic (exact) mass is 293 g/mol. The Kier molecular flexibility index (Phi) is 6.69. The zero-order valence-corrected chi connectivity index (χ0v) is 13.7. The molecule has 0 aliphatic rings. The third-order valence-electron chi connectivity index (χ3n) is 3.41. The lowest BCUT2D eigenvalue weighted by Crippen LogP contribution is -2.52. The fourth-order valence-corrected chi connectivity index (χ4v) is 2.43. The van der Waals surface area contributed by atoms with Crippen LogP contribution in [0.5, 0.6) is 5.75 Å². The highest BCUT2D eigenvalue weighted by molar-refractivity contribution is 5.80. The first kappa shape index (κ1) is 17.5. The third-order valence-corrected chi connectivity index (χ3v) is 3.41. The Morgan fingerprint density at radius 1 is 1.33 bits per heavy atom. The number of benzene rings is 1. The quantitative estimate of drug-likeness (QED) is 0.748. The van der Waals surface area contributed by atoms with Gasteiger partial charge in [-0.15, -0.1) is 0 Å². The largest absolute Gasteiger partial charge is 0.490 e. The first-order valence-corrected chi connectivity index (χ1v) is 7.57. The van der Waals surface area contributed by atoms with Crippen molar-refractivity contribution >= 4 is 5.97 Å². The SMILES string of the molecule is CCNC(C)(CC(C)Oc1ccccc1C)C(=O)OCC.